The summed E-state index contributed by atoms with van der Waals surface area (Å²) in [6.07, 6.45) is 10.5. The van der Waals surface area contributed by atoms with Crippen LogP contribution in [-0.4, -0.2) is 54.0 Å². The van der Waals surface area contributed by atoms with Crippen LogP contribution in [0.3, 0.4) is 0 Å². The van der Waals surface area contributed by atoms with Gasteiger partial charge < -0.3 is 15.7 Å². The molecule has 2 aliphatic heterocycles. The van der Waals surface area contributed by atoms with Crippen molar-refractivity contribution >= 4 is 33.9 Å². The molecule has 0 amide bonds. The van der Waals surface area contributed by atoms with E-state index in [2.05, 4.69) is 31.6 Å². The van der Waals surface area contributed by atoms with E-state index >= 15 is 0 Å². The molecule has 0 radical (unpaired) electrons. The van der Waals surface area contributed by atoms with Gasteiger partial charge in [-0.2, -0.15) is 10.2 Å². The van der Waals surface area contributed by atoms with Crippen molar-refractivity contribution < 1.29 is 5.11 Å². The standard InChI is InChI=1S/C20H24N8OS/c21-4-1-6-27-14-2-3-15(27)9-13(8-14)24-19-25-17(10-18-22-5-7-28(18)19)26-20-23-11-16(12-29)30-20/h5,7,10-11,13-15,29H,1-3,6,8-9,12H2,(H,23,26)(H,24,25)/t13?,14-,15?/m0/s1. The van der Waals surface area contributed by atoms with Gasteiger partial charge in [0.15, 0.2) is 5.13 Å². The number of rotatable bonds is 7. The zero-order chi connectivity index (χ0) is 20.5. The van der Waals surface area contributed by atoms with Crippen LogP contribution < -0.4 is 10.6 Å². The molecule has 9 nitrogen and oxygen atoms in total. The predicted octanol–water partition coefficient (Wildman–Crippen LogP) is 2.74. The molecule has 5 rings (SSSR count). The lowest BCUT2D eigenvalue weighted by atomic mass is 9.97. The van der Waals surface area contributed by atoms with Crippen LogP contribution in [0.25, 0.3) is 5.65 Å². The number of piperidine rings is 1. The normalized spacial score (nSPS) is 23.5. The fourth-order valence-corrected chi connectivity index (χ4v) is 5.44. The summed E-state index contributed by atoms with van der Waals surface area (Å²) in [7, 11) is 0. The molecule has 3 aromatic rings. The largest absolute Gasteiger partial charge is 0.391 e. The molecule has 3 aromatic heterocycles. The van der Waals surface area contributed by atoms with Crippen LogP contribution in [0.2, 0.25) is 0 Å². The molecule has 0 aromatic carbocycles. The van der Waals surface area contributed by atoms with E-state index in [1.54, 1.807) is 12.4 Å². The van der Waals surface area contributed by atoms with Gasteiger partial charge in [-0.3, -0.25) is 9.30 Å². The average molecular weight is 425 g/mol. The highest BCUT2D eigenvalue weighted by molar-refractivity contribution is 7.15. The van der Waals surface area contributed by atoms with E-state index in [0.29, 0.717) is 35.5 Å². The Balaban J connectivity index is 1.34. The van der Waals surface area contributed by atoms with Crippen LogP contribution in [0.4, 0.5) is 16.9 Å². The highest BCUT2D eigenvalue weighted by Gasteiger charge is 2.40. The molecule has 0 aliphatic carbocycles. The molecule has 10 heteroatoms. The fourth-order valence-electron chi connectivity index (χ4n) is 4.76. The predicted molar refractivity (Wildman–Crippen MR) is 115 cm³/mol. The summed E-state index contributed by atoms with van der Waals surface area (Å²) < 4.78 is 1.97. The Bertz CT molecular complexity index is 1060. The maximum absolute atomic E-state index is 9.26. The zero-order valence-electron chi connectivity index (χ0n) is 16.5. The fraction of sp³-hybridized carbons (Fsp3) is 0.500. The van der Waals surface area contributed by atoms with Gasteiger partial charge >= 0.3 is 0 Å². The monoisotopic (exact) mass is 424 g/mol. The van der Waals surface area contributed by atoms with Crippen LogP contribution in [0.5, 0.6) is 0 Å². The Labute approximate surface area is 178 Å². The summed E-state index contributed by atoms with van der Waals surface area (Å²) in [6.45, 7) is 0.861. The van der Waals surface area contributed by atoms with E-state index < -0.39 is 0 Å². The van der Waals surface area contributed by atoms with Gasteiger partial charge in [0.05, 0.1) is 17.6 Å². The molecule has 3 N–H and O–H groups in total. The van der Waals surface area contributed by atoms with E-state index in [0.717, 1.165) is 35.9 Å². The van der Waals surface area contributed by atoms with E-state index in [9.17, 15) is 5.11 Å². The van der Waals surface area contributed by atoms with Crippen LogP contribution in [0.1, 0.15) is 37.0 Å². The third kappa shape index (κ3) is 3.71. The number of fused-ring (bicyclic) bond motifs is 3. The Hall–Kier alpha value is -2.74. The smallest absolute Gasteiger partial charge is 0.210 e. The van der Waals surface area contributed by atoms with E-state index in [-0.39, 0.29) is 6.61 Å². The molecule has 2 saturated heterocycles. The number of hydrogen-bond donors (Lipinski definition) is 3. The first-order valence-corrected chi connectivity index (χ1v) is 11.1. The number of aliphatic hydroxyl groups excluding tert-OH is 1. The van der Waals surface area contributed by atoms with Crippen molar-refractivity contribution in [2.45, 2.75) is 56.8 Å². The number of hydrogen-bond acceptors (Lipinski definition) is 9. The van der Waals surface area contributed by atoms with Gasteiger partial charge in [-0.1, -0.05) is 11.3 Å². The third-order valence-electron chi connectivity index (χ3n) is 6.03. The summed E-state index contributed by atoms with van der Waals surface area (Å²) in [5.41, 5.74) is 0.809. The minimum absolute atomic E-state index is 0.0196. The SMILES string of the molecule is N#CCCN1C2CC[C@H]1CC(Nc1nc(Nc3ncc(CO)s3)cc3nccn13)C2. The molecule has 2 aliphatic rings. The quantitative estimate of drug-likeness (QED) is 0.530. The van der Waals surface area contributed by atoms with Crippen molar-refractivity contribution in [1.29, 1.82) is 5.26 Å². The van der Waals surface area contributed by atoms with E-state index in [1.807, 2.05) is 16.7 Å². The van der Waals surface area contributed by atoms with Gasteiger partial charge in [0, 0.05) is 55.7 Å². The summed E-state index contributed by atoms with van der Waals surface area (Å²) >= 11 is 1.40. The van der Waals surface area contributed by atoms with Gasteiger partial charge in [-0.05, 0) is 25.7 Å². The molecule has 2 unspecified atom stereocenters. The minimum Gasteiger partial charge on any atom is -0.391 e. The first-order valence-electron chi connectivity index (χ1n) is 10.3. The number of nitrogens with one attached hydrogen (secondary N) is 2. The summed E-state index contributed by atoms with van der Waals surface area (Å²) in [6, 6.07) is 5.60. The lowest BCUT2D eigenvalue weighted by Gasteiger charge is -2.39. The Kier molecular flexibility index (Phi) is 5.25. The molecule has 3 atom stereocenters. The summed E-state index contributed by atoms with van der Waals surface area (Å²) in [5.74, 6) is 1.44. The van der Waals surface area contributed by atoms with E-state index in [1.165, 1.54) is 24.2 Å². The van der Waals surface area contributed by atoms with Crippen molar-refractivity contribution in [3.8, 4) is 6.07 Å². The molecular formula is C20H24N8OS. The van der Waals surface area contributed by atoms with Crippen LogP contribution in [-0.2, 0) is 6.61 Å². The van der Waals surface area contributed by atoms with Crippen molar-refractivity contribution in [1.82, 2.24) is 24.3 Å². The number of imidazole rings is 1. The molecular weight excluding hydrogens is 400 g/mol. The third-order valence-corrected chi connectivity index (χ3v) is 6.93. The van der Waals surface area contributed by atoms with Crippen molar-refractivity contribution in [3.05, 3.63) is 29.5 Å². The molecule has 5 heterocycles. The number of nitrogens with zero attached hydrogens (tertiary/aromatic N) is 6. The highest BCUT2D eigenvalue weighted by atomic mass is 32.1. The summed E-state index contributed by atoms with van der Waals surface area (Å²) in [4.78, 5) is 16.8. The molecule has 0 saturated carbocycles. The van der Waals surface area contributed by atoms with Crippen LogP contribution >= 0.6 is 11.3 Å². The van der Waals surface area contributed by atoms with Crippen molar-refractivity contribution in [2.24, 2.45) is 0 Å². The van der Waals surface area contributed by atoms with Crippen LogP contribution in [0, 0.1) is 11.3 Å². The number of aromatic nitrogens is 4. The van der Waals surface area contributed by atoms with E-state index in [4.69, 9.17) is 10.2 Å². The lowest BCUT2D eigenvalue weighted by Crippen LogP contribution is -2.47. The van der Waals surface area contributed by atoms with Crippen molar-refractivity contribution in [2.75, 3.05) is 17.2 Å². The highest BCUT2D eigenvalue weighted by Crippen LogP contribution is 2.37. The summed E-state index contributed by atoms with van der Waals surface area (Å²) in [5, 5.41) is 25.8. The number of thiazole rings is 1. The van der Waals surface area contributed by atoms with Crippen molar-refractivity contribution in [3.63, 3.8) is 0 Å². The average Bonchev–Trinajstić information content (AvgIpc) is 3.45. The molecule has 2 fully saturated rings. The van der Waals surface area contributed by atoms with Gasteiger partial charge in [0.1, 0.15) is 11.5 Å². The second-order valence-electron chi connectivity index (χ2n) is 7.88. The number of nitriles is 1. The zero-order valence-corrected chi connectivity index (χ0v) is 17.3. The molecule has 0 spiro atoms. The molecule has 30 heavy (non-hydrogen) atoms. The maximum Gasteiger partial charge on any atom is 0.210 e. The van der Waals surface area contributed by atoms with Gasteiger partial charge in [0.25, 0.3) is 0 Å². The first kappa shape index (κ1) is 19.2. The van der Waals surface area contributed by atoms with Crippen LogP contribution in [0.15, 0.2) is 24.7 Å². The molecule has 156 valence electrons. The Morgan fingerprint density at radius 2 is 2.10 bits per heavy atom. The second-order valence-corrected chi connectivity index (χ2v) is 8.99. The second kappa shape index (κ2) is 8.18. The lowest BCUT2D eigenvalue weighted by molar-refractivity contribution is 0.135. The Morgan fingerprint density at radius 3 is 2.83 bits per heavy atom. The number of aliphatic hydroxyl groups is 1. The van der Waals surface area contributed by atoms with Gasteiger partial charge in [0.2, 0.25) is 5.95 Å². The number of anilines is 3. The minimum atomic E-state index is -0.0196. The molecule has 2 bridgehead atoms. The topological polar surface area (TPSA) is 114 Å². The first-order chi connectivity index (χ1) is 14.7. The Morgan fingerprint density at radius 1 is 1.27 bits per heavy atom. The van der Waals surface area contributed by atoms with Gasteiger partial charge in [-0.25, -0.2) is 9.97 Å². The maximum atomic E-state index is 9.26. The van der Waals surface area contributed by atoms with Gasteiger partial charge in [-0.15, -0.1) is 0 Å².